The number of hydrogen-bond acceptors (Lipinski definition) is 2. The van der Waals surface area contributed by atoms with Crippen LogP contribution in [0.5, 0.6) is 0 Å². The molecule has 32 valence electrons. The molecule has 1 heterocycles. The van der Waals surface area contributed by atoms with Gasteiger partial charge in [-0.1, -0.05) is 0 Å². The zero-order valence-corrected chi connectivity index (χ0v) is 4.68. The van der Waals surface area contributed by atoms with Crippen molar-refractivity contribution in [3.63, 3.8) is 0 Å². The summed E-state index contributed by atoms with van der Waals surface area (Å²) >= 11 is 10.4. The van der Waals surface area contributed by atoms with E-state index in [1.807, 2.05) is 0 Å². The van der Waals surface area contributed by atoms with Crippen LogP contribution in [0.1, 0.15) is 0 Å². The summed E-state index contributed by atoms with van der Waals surface area (Å²) in [6.07, 6.45) is -2.17. The van der Waals surface area contributed by atoms with Crippen molar-refractivity contribution < 1.29 is 4.62 Å². The first-order valence-electron chi connectivity index (χ1n) is 1.04. The van der Waals surface area contributed by atoms with E-state index in [0.717, 1.165) is 0 Å². The normalized spacial score (nSPS) is 36.4. The summed E-state index contributed by atoms with van der Waals surface area (Å²) in [5.41, 5.74) is 0. The van der Waals surface area contributed by atoms with Crippen molar-refractivity contribution >= 4 is 28.8 Å². The van der Waals surface area contributed by atoms with Gasteiger partial charge in [0.25, 0.3) is 0 Å². The van der Waals surface area contributed by atoms with Crippen molar-refractivity contribution in [1.82, 2.24) is 5.25 Å². The second-order valence-electron chi connectivity index (χ2n) is 0.721. The summed E-state index contributed by atoms with van der Waals surface area (Å²) in [7, 11) is 0. The molecule has 1 N–H and O–H groups in total. The molecule has 0 unspecified atom stereocenters. The maximum atomic E-state index is 5.21. The Bertz CT molecular complexity index is 47.6. The Morgan fingerprint density at radius 2 is 1.80 bits per heavy atom. The van der Waals surface area contributed by atoms with Crippen LogP contribution in [-0.4, -0.2) is 0 Å². The van der Waals surface area contributed by atoms with Crippen LogP contribution >= 0.6 is 28.8 Å². The molecule has 0 radical (unpaired) electrons. The summed E-state index contributed by atoms with van der Waals surface area (Å²) < 4.78 is 4.32. The van der Waals surface area contributed by atoms with Gasteiger partial charge in [-0.15, -0.1) is 0 Å². The first-order valence-corrected chi connectivity index (χ1v) is 4.97. The van der Waals surface area contributed by atoms with E-state index in [2.05, 4.69) is 9.88 Å². The molecule has 0 aromatic carbocycles. The Morgan fingerprint density at radius 3 is 1.80 bits per heavy atom. The van der Waals surface area contributed by atoms with Crippen molar-refractivity contribution in [3.8, 4) is 0 Å². The van der Waals surface area contributed by atoms with Gasteiger partial charge in [-0.25, -0.2) is 0 Å². The SMILES string of the molecule is Cl[PH]1(Cl)NO1. The van der Waals surface area contributed by atoms with Crippen LogP contribution in [0, 0.1) is 0 Å². The van der Waals surface area contributed by atoms with Crippen molar-refractivity contribution in [2.75, 3.05) is 0 Å². The molecule has 0 amide bonds. The minimum atomic E-state index is -2.17. The molecule has 5 heavy (non-hydrogen) atoms. The second kappa shape index (κ2) is 0.955. The number of nitrogens with one attached hydrogen (secondary N) is 1. The Hall–Kier alpha value is 0.930. The van der Waals surface area contributed by atoms with Gasteiger partial charge in [-0.05, 0) is 0 Å². The molecule has 1 saturated heterocycles. The maximum absolute atomic E-state index is 5.21. The number of halogens is 2. The van der Waals surface area contributed by atoms with Crippen molar-refractivity contribution in [3.05, 3.63) is 0 Å². The Balaban J connectivity index is 2.38. The van der Waals surface area contributed by atoms with Gasteiger partial charge >= 0.3 is 38.7 Å². The zero-order chi connectivity index (χ0) is 3.91. The minimum absolute atomic E-state index is 2.17. The summed E-state index contributed by atoms with van der Waals surface area (Å²) in [5.74, 6) is 0. The number of rotatable bonds is 0. The van der Waals surface area contributed by atoms with Gasteiger partial charge in [-0.2, -0.15) is 0 Å². The van der Waals surface area contributed by atoms with E-state index in [1.54, 1.807) is 0 Å². The summed E-state index contributed by atoms with van der Waals surface area (Å²) in [6.45, 7) is 0. The zero-order valence-electron chi connectivity index (χ0n) is 2.16. The molecule has 0 saturated carbocycles. The summed E-state index contributed by atoms with van der Waals surface area (Å²) in [5, 5.41) is 2.34. The predicted octanol–water partition coefficient (Wildman–Crippen LogP) is 1.41. The molecule has 0 aliphatic carbocycles. The van der Waals surface area contributed by atoms with Gasteiger partial charge in [0.15, 0.2) is 0 Å². The van der Waals surface area contributed by atoms with Crippen molar-refractivity contribution in [1.29, 1.82) is 0 Å². The van der Waals surface area contributed by atoms with Gasteiger partial charge < -0.3 is 0 Å². The van der Waals surface area contributed by atoms with E-state index >= 15 is 0 Å². The van der Waals surface area contributed by atoms with Crippen molar-refractivity contribution in [2.45, 2.75) is 0 Å². The van der Waals surface area contributed by atoms with Crippen LogP contribution < -0.4 is 5.25 Å². The second-order valence-corrected chi connectivity index (χ2v) is 5.94. The Kier molecular flexibility index (Phi) is 0.783. The molecule has 1 rings (SSSR count). The fourth-order valence-corrected chi connectivity index (χ4v) is 1.04. The molecule has 0 spiro atoms. The van der Waals surface area contributed by atoms with Gasteiger partial charge in [0.1, 0.15) is 0 Å². The number of hydrogen-bond donors (Lipinski definition) is 1. The fourth-order valence-electron chi connectivity index (χ4n) is 0.0386. The molecule has 5 heteroatoms. The molecule has 1 aliphatic rings. The van der Waals surface area contributed by atoms with E-state index < -0.39 is 6.35 Å². The molecule has 0 aromatic heterocycles. The molecule has 1 aliphatic heterocycles. The summed E-state index contributed by atoms with van der Waals surface area (Å²) in [6, 6.07) is 0. The van der Waals surface area contributed by atoms with E-state index in [9.17, 15) is 0 Å². The van der Waals surface area contributed by atoms with Gasteiger partial charge in [-0.3, -0.25) is 0 Å². The first-order chi connectivity index (χ1) is 2.21. The molecular formula is H2Cl2NOP. The summed E-state index contributed by atoms with van der Waals surface area (Å²) in [4.78, 5) is 0. The topological polar surface area (TPSA) is 34.5 Å². The van der Waals surface area contributed by atoms with Crippen LogP contribution in [0.25, 0.3) is 0 Å². The quantitative estimate of drug-likeness (QED) is 0.401. The molecule has 2 nitrogen and oxygen atoms in total. The van der Waals surface area contributed by atoms with Crippen LogP contribution in [0.2, 0.25) is 0 Å². The standard InChI is InChI=1S/Cl2H2NOP/c1-5(2)3-4-5/h3,5H. The molecular weight excluding hydrogens is 132 g/mol. The predicted molar refractivity (Wildman–Crippen MR) is 24.2 cm³/mol. The van der Waals surface area contributed by atoms with E-state index in [0.29, 0.717) is 0 Å². The average Bonchev–Trinajstić information content (AvgIpc) is 1.76. The van der Waals surface area contributed by atoms with E-state index in [1.165, 1.54) is 0 Å². The molecule has 1 fully saturated rings. The van der Waals surface area contributed by atoms with Gasteiger partial charge in [0, 0.05) is 0 Å². The molecule has 0 bridgehead atoms. The third kappa shape index (κ3) is 1.20. The van der Waals surface area contributed by atoms with Crippen LogP contribution in [0.3, 0.4) is 0 Å². The molecule has 0 atom stereocenters. The van der Waals surface area contributed by atoms with E-state index in [-0.39, 0.29) is 0 Å². The van der Waals surface area contributed by atoms with Gasteiger partial charge in [0.05, 0.1) is 0 Å². The van der Waals surface area contributed by atoms with E-state index in [4.69, 9.17) is 22.5 Å². The average molecular weight is 134 g/mol. The van der Waals surface area contributed by atoms with Gasteiger partial charge in [0.2, 0.25) is 0 Å². The van der Waals surface area contributed by atoms with Crippen LogP contribution in [0.15, 0.2) is 0 Å². The Labute approximate surface area is 39.4 Å². The third-order valence-corrected chi connectivity index (χ3v) is 1.69. The monoisotopic (exact) mass is 133 g/mol. The first kappa shape index (κ1) is 4.10. The van der Waals surface area contributed by atoms with Crippen LogP contribution in [0.4, 0.5) is 0 Å². The molecule has 0 aromatic rings. The Morgan fingerprint density at radius 1 is 1.60 bits per heavy atom. The van der Waals surface area contributed by atoms with Crippen molar-refractivity contribution in [2.24, 2.45) is 0 Å². The van der Waals surface area contributed by atoms with Crippen LogP contribution in [-0.2, 0) is 4.62 Å². The fraction of sp³-hybridized carbons (Fsp3) is 0. The third-order valence-electron chi connectivity index (χ3n) is 0.256.